The lowest BCUT2D eigenvalue weighted by Crippen LogP contribution is -2.43. The topological polar surface area (TPSA) is 90.1 Å². The lowest BCUT2D eigenvalue weighted by Gasteiger charge is -2.19. The number of hydrogen-bond acceptors (Lipinski definition) is 4. The van der Waals surface area contributed by atoms with Gasteiger partial charge in [-0.25, -0.2) is 4.79 Å². The molecule has 0 aliphatic carbocycles. The largest absolute Gasteiger partial charge is 0.325 e. The summed E-state index contributed by atoms with van der Waals surface area (Å²) in [5.41, 5.74) is 1.44. The highest BCUT2D eigenvalue weighted by molar-refractivity contribution is 6.06. The van der Waals surface area contributed by atoms with Crippen molar-refractivity contribution in [3.63, 3.8) is 0 Å². The molecule has 1 aliphatic rings. The Morgan fingerprint density at radius 1 is 1.33 bits per heavy atom. The first-order valence-corrected chi connectivity index (χ1v) is 8.31. The molecule has 1 saturated heterocycles. The summed E-state index contributed by atoms with van der Waals surface area (Å²) >= 11 is 0. The quantitative estimate of drug-likeness (QED) is 0.533. The molecule has 1 aromatic carbocycles. The third-order valence-corrected chi connectivity index (χ3v) is 4.67. The van der Waals surface area contributed by atoms with Gasteiger partial charge in [0.15, 0.2) is 0 Å². The molecule has 128 valence electrons. The molecule has 24 heavy (non-hydrogen) atoms. The minimum Gasteiger partial charge on any atom is -0.323 e. The Morgan fingerprint density at radius 3 is 2.92 bits per heavy atom. The Hall–Kier alpha value is -2.41. The van der Waals surface area contributed by atoms with E-state index in [9.17, 15) is 9.59 Å². The van der Waals surface area contributed by atoms with Crippen molar-refractivity contribution < 1.29 is 9.59 Å². The van der Waals surface area contributed by atoms with Crippen molar-refractivity contribution in [1.82, 2.24) is 25.7 Å². The summed E-state index contributed by atoms with van der Waals surface area (Å²) < 4.78 is 0. The molecular weight excluding hydrogens is 306 g/mol. The van der Waals surface area contributed by atoms with Crippen LogP contribution in [0, 0.1) is 0 Å². The minimum atomic E-state index is -0.749. The summed E-state index contributed by atoms with van der Waals surface area (Å²) in [7, 11) is 0. The fourth-order valence-corrected chi connectivity index (χ4v) is 2.95. The monoisotopic (exact) mass is 329 g/mol. The van der Waals surface area contributed by atoms with Crippen LogP contribution in [-0.4, -0.2) is 45.7 Å². The number of carbonyl (C=O) groups is 2. The van der Waals surface area contributed by atoms with E-state index in [1.54, 1.807) is 13.1 Å². The van der Waals surface area contributed by atoms with Gasteiger partial charge in [0, 0.05) is 18.5 Å². The van der Waals surface area contributed by atoms with Gasteiger partial charge in [0.2, 0.25) is 0 Å². The molecule has 0 saturated carbocycles. The number of nitrogens with zero attached hydrogens (tertiary/aromatic N) is 2. The number of H-pyrrole nitrogens is 1. The number of para-hydroxylation sites is 1. The highest BCUT2D eigenvalue weighted by Crippen LogP contribution is 2.20. The number of aromatic nitrogens is 2. The number of nitrogens with one attached hydrogen (secondary N) is 3. The van der Waals surface area contributed by atoms with Crippen molar-refractivity contribution in [2.45, 2.75) is 38.8 Å². The number of imide groups is 1. The van der Waals surface area contributed by atoms with Crippen LogP contribution in [0.1, 0.15) is 32.3 Å². The Labute approximate surface area is 140 Å². The molecular formula is C17H23N5O2. The van der Waals surface area contributed by atoms with Crippen LogP contribution >= 0.6 is 0 Å². The van der Waals surface area contributed by atoms with E-state index in [4.69, 9.17) is 0 Å². The number of rotatable bonds is 7. The molecule has 7 heteroatoms. The third kappa shape index (κ3) is 2.99. The molecule has 3 rings (SSSR count). The summed E-state index contributed by atoms with van der Waals surface area (Å²) in [6, 6.07) is 5.79. The molecule has 1 aromatic heterocycles. The number of carbonyl (C=O) groups excluding carboxylic acids is 2. The van der Waals surface area contributed by atoms with Crippen molar-refractivity contribution in [2.75, 3.05) is 13.1 Å². The first kappa shape index (κ1) is 16.4. The second-order valence-corrected chi connectivity index (χ2v) is 6.35. The summed E-state index contributed by atoms with van der Waals surface area (Å²) in [6.07, 6.45) is 3.12. The molecule has 3 N–H and O–H groups in total. The molecule has 7 nitrogen and oxygen atoms in total. The summed E-state index contributed by atoms with van der Waals surface area (Å²) in [5, 5.41) is 14.3. The maximum atomic E-state index is 12.3. The molecule has 3 amide bonds. The lowest BCUT2D eigenvalue weighted by molar-refractivity contribution is -0.130. The normalized spacial score (nSPS) is 20.8. The molecule has 1 atom stereocenters. The number of amides is 3. The fraction of sp³-hybridized carbons (Fsp3) is 0.471. The van der Waals surface area contributed by atoms with Gasteiger partial charge in [-0.05, 0) is 31.9 Å². The van der Waals surface area contributed by atoms with Crippen LogP contribution in [0.5, 0.6) is 0 Å². The van der Waals surface area contributed by atoms with Crippen LogP contribution in [-0.2, 0) is 11.3 Å². The summed E-state index contributed by atoms with van der Waals surface area (Å²) in [4.78, 5) is 25.5. The first-order chi connectivity index (χ1) is 11.5. The van der Waals surface area contributed by atoms with Gasteiger partial charge in [0.1, 0.15) is 5.54 Å². The predicted molar refractivity (Wildman–Crippen MR) is 91.4 cm³/mol. The average Bonchev–Trinajstić information content (AvgIpc) is 3.13. The van der Waals surface area contributed by atoms with Gasteiger partial charge in [-0.1, -0.05) is 25.1 Å². The van der Waals surface area contributed by atoms with E-state index in [2.05, 4.69) is 26.9 Å². The van der Waals surface area contributed by atoms with Gasteiger partial charge in [-0.3, -0.25) is 14.8 Å². The molecule has 2 aromatic rings. The van der Waals surface area contributed by atoms with Crippen molar-refractivity contribution >= 4 is 22.8 Å². The van der Waals surface area contributed by atoms with E-state index in [0.29, 0.717) is 19.5 Å². The van der Waals surface area contributed by atoms with Crippen LogP contribution < -0.4 is 10.6 Å². The van der Waals surface area contributed by atoms with Crippen LogP contribution in [0.2, 0.25) is 0 Å². The first-order valence-electron chi connectivity index (χ1n) is 8.31. The van der Waals surface area contributed by atoms with Crippen molar-refractivity contribution in [3.05, 3.63) is 30.0 Å². The second-order valence-electron chi connectivity index (χ2n) is 6.35. The Bertz CT molecular complexity index is 756. The minimum absolute atomic E-state index is 0.128. The Morgan fingerprint density at radius 2 is 2.17 bits per heavy atom. The van der Waals surface area contributed by atoms with Crippen LogP contribution in [0.3, 0.4) is 0 Å². The molecule has 0 bridgehead atoms. The molecule has 1 fully saturated rings. The highest BCUT2D eigenvalue weighted by Gasteiger charge is 2.45. The lowest BCUT2D eigenvalue weighted by atomic mass is 9.99. The van der Waals surface area contributed by atoms with Crippen LogP contribution in [0.4, 0.5) is 4.79 Å². The summed E-state index contributed by atoms with van der Waals surface area (Å²) in [6.45, 7) is 5.55. The molecule has 0 unspecified atom stereocenters. The summed E-state index contributed by atoms with van der Waals surface area (Å²) in [5.74, 6) is -0.128. The van der Waals surface area contributed by atoms with E-state index >= 15 is 0 Å². The third-order valence-electron chi connectivity index (χ3n) is 4.67. The van der Waals surface area contributed by atoms with Gasteiger partial charge < -0.3 is 10.6 Å². The van der Waals surface area contributed by atoms with Crippen molar-refractivity contribution in [2.24, 2.45) is 0 Å². The smallest absolute Gasteiger partial charge is 0.323 e. The van der Waals surface area contributed by atoms with E-state index in [-0.39, 0.29) is 11.9 Å². The van der Waals surface area contributed by atoms with Crippen molar-refractivity contribution in [3.8, 4) is 0 Å². The number of aromatic amines is 1. The SMILES string of the molecule is CC[C@]1(C)NC(=O)N(CCCNCc2cccc3cn[nH]c23)C1=O. The van der Waals surface area contributed by atoms with Gasteiger partial charge in [0.05, 0.1) is 11.7 Å². The van der Waals surface area contributed by atoms with Crippen LogP contribution in [0.25, 0.3) is 10.9 Å². The van der Waals surface area contributed by atoms with E-state index in [1.807, 2.05) is 19.1 Å². The molecule has 1 aliphatic heterocycles. The number of fused-ring (bicyclic) bond motifs is 1. The zero-order valence-corrected chi connectivity index (χ0v) is 14.1. The number of urea groups is 1. The second kappa shape index (κ2) is 6.60. The Balaban J connectivity index is 1.47. The van der Waals surface area contributed by atoms with Gasteiger partial charge in [-0.15, -0.1) is 0 Å². The molecule has 0 spiro atoms. The molecule has 0 radical (unpaired) electrons. The highest BCUT2D eigenvalue weighted by atomic mass is 16.2. The van der Waals surface area contributed by atoms with Crippen LogP contribution in [0.15, 0.2) is 24.4 Å². The standard InChI is InChI=1S/C17H23N5O2/c1-3-17(2)15(23)22(16(24)20-17)9-5-8-18-10-12-6-4-7-13-11-19-21-14(12)13/h4,6-7,11,18H,3,5,8-10H2,1-2H3,(H,19,21)(H,20,24)/t17-/m0/s1. The molecule has 2 heterocycles. The Kier molecular flexibility index (Phi) is 4.53. The maximum absolute atomic E-state index is 12.3. The van der Waals surface area contributed by atoms with Gasteiger partial charge in [0.25, 0.3) is 5.91 Å². The van der Waals surface area contributed by atoms with E-state index in [1.165, 1.54) is 4.90 Å². The number of benzene rings is 1. The van der Waals surface area contributed by atoms with E-state index < -0.39 is 5.54 Å². The average molecular weight is 329 g/mol. The zero-order valence-electron chi connectivity index (χ0n) is 14.1. The van der Waals surface area contributed by atoms with E-state index in [0.717, 1.165) is 29.4 Å². The number of hydrogen-bond donors (Lipinski definition) is 3. The zero-order chi connectivity index (χ0) is 17.2. The fourth-order valence-electron chi connectivity index (χ4n) is 2.95. The van der Waals surface area contributed by atoms with Crippen molar-refractivity contribution in [1.29, 1.82) is 0 Å². The predicted octanol–water partition coefficient (Wildman–Crippen LogP) is 1.76. The van der Waals surface area contributed by atoms with Gasteiger partial charge >= 0.3 is 6.03 Å². The van der Waals surface area contributed by atoms with Gasteiger partial charge in [-0.2, -0.15) is 5.10 Å². The maximum Gasteiger partial charge on any atom is 0.325 e.